The van der Waals surface area contributed by atoms with Crippen LogP contribution in [0.5, 0.6) is 11.5 Å². The Hall–Kier alpha value is -3.36. The lowest BCUT2D eigenvalue weighted by Crippen LogP contribution is -2.36. The lowest BCUT2D eigenvalue weighted by atomic mass is 9.75. The van der Waals surface area contributed by atoms with Crippen molar-refractivity contribution >= 4 is 23.6 Å². The number of allylic oxidation sites excluding steroid dienone is 1. The zero-order chi connectivity index (χ0) is 22.6. The summed E-state index contributed by atoms with van der Waals surface area (Å²) in [4.78, 5) is 42.0. The second kappa shape index (κ2) is 9.43. The van der Waals surface area contributed by atoms with Gasteiger partial charge in [-0.05, 0) is 19.9 Å². The molecule has 2 atom stereocenters. The molecule has 0 amide bonds. The zero-order valence-electron chi connectivity index (χ0n) is 18.0. The molecule has 0 fully saturated rings. The fourth-order valence-electron chi connectivity index (χ4n) is 3.62. The van der Waals surface area contributed by atoms with Gasteiger partial charge in [-0.1, -0.05) is 0 Å². The van der Waals surface area contributed by atoms with Crippen molar-refractivity contribution in [2.75, 3.05) is 35.5 Å². The average molecular weight is 419 g/mol. The first kappa shape index (κ1) is 22.9. The molecule has 1 aliphatic heterocycles. The molecular formula is C21H25NO8. The van der Waals surface area contributed by atoms with E-state index in [0.29, 0.717) is 22.7 Å². The Kier molecular flexibility index (Phi) is 7.20. The van der Waals surface area contributed by atoms with Gasteiger partial charge in [-0.2, -0.15) is 0 Å². The molecule has 1 aromatic carbocycles. The van der Waals surface area contributed by atoms with Crippen LogP contribution in [-0.4, -0.2) is 59.2 Å². The molecule has 0 spiro atoms. The molecule has 2 rings (SSSR count). The third kappa shape index (κ3) is 4.00. The molecule has 30 heavy (non-hydrogen) atoms. The topological polar surface area (TPSA) is 110 Å². The summed E-state index contributed by atoms with van der Waals surface area (Å²) < 4.78 is 25.6. The Morgan fingerprint density at radius 2 is 1.43 bits per heavy atom. The highest BCUT2D eigenvalue weighted by Gasteiger charge is 2.43. The molecule has 0 aliphatic carbocycles. The number of aliphatic imine (C=N–C) groups is 1. The first-order chi connectivity index (χ1) is 14.2. The monoisotopic (exact) mass is 419 g/mol. The number of hydrogen-bond donors (Lipinski definition) is 0. The first-order valence-electron chi connectivity index (χ1n) is 9.01. The predicted molar refractivity (Wildman–Crippen MR) is 107 cm³/mol. The number of carbonyl (C=O) groups excluding carboxylic acids is 3. The van der Waals surface area contributed by atoms with Gasteiger partial charge in [-0.3, -0.25) is 9.79 Å². The van der Waals surface area contributed by atoms with Crippen molar-refractivity contribution in [3.05, 3.63) is 34.5 Å². The molecule has 9 nitrogen and oxygen atoms in total. The van der Waals surface area contributed by atoms with Crippen molar-refractivity contribution in [2.24, 2.45) is 10.9 Å². The Balaban J connectivity index is 2.89. The fraction of sp³-hybridized carbons (Fsp3) is 0.429. The molecule has 1 aromatic rings. The summed E-state index contributed by atoms with van der Waals surface area (Å²) in [5.41, 5.74) is 1.51. The summed E-state index contributed by atoms with van der Waals surface area (Å²) in [7, 11) is 6.56. The number of ether oxygens (including phenoxy) is 5. The number of esters is 3. The van der Waals surface area contributed by atoms with Gasteiger partial charge in [0.15, 0.2) is 0 Å². The van der Waals surface area contributed by atoms with Gasteiger partial charge in [-0.25, -0.2) is 9.59 Å². The van der Waals surface area contributed by atoms with Crippen LogP contribution in [0.4, 0.5) is 0 Å². The van der Waals surface area contributed by atoms with E-state index in [1.165, 1.54) is 47.7 Å². The lowest BCUT2D eigenvalue weighted by Gasteiger charge is -2.32. The highest BCUT2D eigenvalue weighted by molar-refractivity contribution is 6.07. The molecule has 0 bridgehead atoms. The van der Waals surface area contributed by atoms with E-state index >= 15 is 0 Å². The molecule has 162 valence electrons. The molecule has 0 aromatic heterocycles. The molecule has 0 saturated heterocycles. The van der Waals surface area contributed by atoms with Gasteiger partial charge >= 0.3 is 17.9 Å². The van der Waals surface area contributed by atoms with Crippen LogP contribution in [-0.2, 0) is 23.8 Å². The summed E-state index contributed by atoms with van der Waals surface area (Å²) in [5.74, 6) is -3.16. The van der Waals surface area contributed by atoms with Crippen LogP contribution in [0.3, 0.4) is 0 Å². The normalized spacial score (nSPS) is 18.3. The Labute approximate surface area is 174 Å². The van der Waals surface area contributed by atoms with E-state index in [4.69, 9.17) is 23.7 Å². The number of hydrogen-bond acceptors (Lipinski definition) is 9. The van der Waals surface area contributed by atoms with Gasteiger partial charge in [0.2, 0.25) is 0 Å². The second-order valence-corrected chi connectivity index (χ2v) is 6.51. The molecule has 1 heterocycles. The number of nitrogens with zero attached hydrogens (tertiary/aromatic N) is 1. The zero-order valence-corrected chi connectivity index (χ0v) is 18.0. The van der Waals surface area contributed by atoms with E-state index in [0.717, 1.165) is 0 Å². The van der Waals surface area contributed by atoms with Gasteiger partial charge in [-0.15, -0.1) is 0 Å². The van der Waals surface area contributed by atoms with Crippen molar-refractivity contribution in [2.45, 2.75) is 19.8 Å². The van der Waals surface area contributed by atoms with Crippen LogP contribution in [0.2, 0.25) is 0 Å². The van der Waals surface area contributed by atoms with Crippen LogP contribution in [0.25, 0.3) is 0 Å². The highest BCUT2D eigenvalue weighted by atomic mass is 16.5. The third-order valence-corrected chi connectivity index (χ3v) is 4.98. The maximum absolute atomic E-state index is 12.7. The summed E-state index contributed by atoms with van der Waals surface area (Å²) in [6.45, 7) is 3.32. The Bertz CT molecular complexity index is 931. The minimum absolute atomic E-state index is 0.112. The maximum atomic E-state index is 12.7. The van der Waals surface area contributed by atoms with Crippen molar-refractivity contribution in [3.8, 4) is 11.5 Å². The molecule has 1 unspecified atom stereocenters. The third-order valence-electron chi connectivity index (χ3n) is 4.98. The smallest absolute Gasteiger partial charge is 0.341 e. The molecule has 0 saturated carbocycles. The standard InChI is InChI=1S/C21H25NO8/c1-10-16(20(24)29-6)18(17(11(2)22-10)21(25)30-7)12-8-13(19(23)28-5)15(27-4)9-14(12)26-3/h8-9,16,18H,1-7H3/t16?,18-/m0/s1. The van der Waals surface area contributed by atoms with Crippen LogP contribution >= 0.6 is 0 Å². The van der Waals surface area contributed by atoms with E-state index in [1.54, 1.807) is 13.8 Å². The van der Waals surface area contributed by atoms with Crippen molar-refractivity contribution in [1.29, 1.82) is 0 Å². The molecule has 1 aliphatic rings. The van der Waals surface area contributed by atoms with E-state index < -0.39 is 29.7 Å². The van der Waals surface area contributed by atoms with Gasteiger partial charge in [0, 0.05) is 29.0 Å². The van der Waals surface area contributed by atoms with Gasteiger partial charge in [0.25, 0.3) is 0 Å². The van der Waals surface area contributed by atoms with E-state index in [2.05, 4.69) is 4.99 Å². The first-order valence-corrected chi connectivity index (χ1v) is 9.01. The molecule has 9 heteroatoms. The van der Waals surface area contributed by atoms with E-state index in [1.807, 2.05) is 0 Å². The number of carbonyl (C=O) groups is 3. The Morgan fingerprint density at radius 3 is 1.93 bits per heavy atom. The van der Waals surface area contributed by atoms with Crippen LogP contribution < -0.4 is 9.47 Å². The van der Waals surface area contributed by atoms with Crippen LogP contribution in [0.15, 0.2) is 28.4 Å². The highest BCUT2D eigenvalue weighted by Crippen LogP contribution is 2.45. The SMILES string of the molecule is COC(=O)C1=C(C)N=C(C)C(C(=O)OC)[C@@H]1c1cc(C(=O)OC)c(OC)cc1OC. The maximum Gasteiger partial charge on any atom is 0.341 e. The number of methoxy groups -OCH3 is 5. The number of rotatable bonds is 6. The van der Waals surface area contributed by atoms with Crippen molar-refractivity contribution < 1.29 is 38.1 Å². The quantitative estimate of drug-likeness (QED) is 0.510. The van der Waals surface area contributed by atoms with Gasteiger partial charge < -0.3 is 23.7 Å². The van der Waals surface area contributed by atoms with Crippen molar-refractivity contribution in [3.63, 3.8) is 0 Å². The predicted octanol–water partition coefficient (Wildman–Crippen LogP) is 2.28. The average Bonchev–Trinajstić information content (AvgIpc) is 2.75. The number of benzene rings is 1. The lowest BCUT2D eigenvalue weighted by molar-refractivity contribution is -0.143. The summed E-state index contributed by atoms with van der Waals surface area (Å²) >= 11 is 0. The minimum Gasteiger partial charge on any atom is -0.496 e. The van der Waals surface area contributed by atoms with Crippen LogP contribution in [0, 0.1) is 5.92 Å². The summed E-state index contributed by atoms with van der Waals surface area (Å²) in [6.07, 6.45) is 0. The molecule has 0 radical (unpaired) electrons. The Morgan fingerprint density at radius 1 is 0.833 bits per heavy atom. The van der Waals surface area contributed by atoms with E-state index in [9.17, 15) is 14.4 Å². The van der Waals surface area contributed by atoms with E-state index in [-0.39, 0.29) is 16.9 Å². The van der Waals surface area contributed by atoms with Crippen LogP contribution in [0.1, 0.15) is 35.7 Å². The van der Waals surface area contributed by atoms with Crippen molar-refractivity contribution in [1.82, 2.24) is 0 Å². The van der Waals surface area contributed by atoms with Gasteiger partial charge in [0.05, 0.1) is 41.1 Å². The second-order valence-electron chi connectivity index (χ2n) is 6.51. The fourth-order valence-corrected chi connectivity index (χ4v) is 3.62. The summed E-state index contributed by atoms with van der Waals surface area (Å²) in [5, 5.41) is 0. The molecular weight excluding hydrogens is 394 g/mol. The minimum atomic E-state index is -0.930. The summed E-state index contributed by atoms with van der Waals surface area (Å²) in [6, 6.07) is 2.99. The largest absolute Gasteiger partial charge is 0.496 e. The molecule has 0 N–H and O–H groups in total. The van der Waals surface area contributed by atoms with Gasteiger partial charge in [0.1, 0.15) is 23.0 Å².